The first-order valence-corrected chi connectivity index (χ1v) is 8.78. The van der Waals surface area contributed by atoms with Crippen LogP contribution in [-0.4, -0.2) is 27.2 Å². The molecule has 2 aromatic rings. The summed E-state index contributed by atoms with van der Waals surface area (Å²) >= 11 is 1.68. The SMILES string of the molecule is CCCCSCC(=O)Nc1c(C)nn(-c2ccccc2)c1C. The first-order chi connectivity index (χ1) is 10.6. The van der Waals surface area contributed by atoms with Crippen LogP contribution in [0.1, 0.15) is 31.2 Å². The molecule has 0 spiro atoms. The number of carbonyl (C=O) groups is 1. The minimum Gasteiger partial charge on any atom is -0.322 e. The number of hydrogen-bond donors (Lipinski definition) is 1. The Balaban J connectivity index is 2.06. The van der Waals surface area contributed by atoms with Crippen LogP contribution in [0.3, 0.4) is 0 Å². The van der Waals surface area contributed by atoms with Crippen molar-refractivity contribution in [1.82, 2.24) is 9.78 Å². The summed E-state index contributed by atoms with van der Waals surface area (Å²) in [6.07, 6.45) is 2.32. The van der Waals surface area contributed by atoms with E-state index in [0.29, 0.717) is 5.75 Å². The van der Waals surface area contributed by atoms with Gasteiger partial charge in [-0.15, -0.1) is 0 Å². The van der Waals surface area contributed by atoms with Crippen molar-refractivity contribution >= 4 is 23.4 Å². The third-order valence-corrected chi connectivity index (χ3v) is 4.48. The summed E-state index contributed by atoms with van der Waals surface area (Å²) in [5.74, 6) is 1.57. The average Bonchev–Trinajstić information content (AvgIpc) is 2.80. The minimum atomic E-state index is 0.0416. The number of unbranched alkanes of at least 4 members (excludes halogenated alkanes) is 1. The molecule has 0 unspecified atom stereocenters. The zero-order valence-corrected chi connectivity index (χ0v) is 14.2. The van der Waals surface area contributed by atoms with Crippen molar-refractivity contribution in [3.05, 3.63) is 41.7 Å². The number of amides is 1. The van der Waals surface area contributed by atoms with E-state index in [-0.39, 0.29) is 5.91 Å². The van der Waals surface area contributed by atoms with Crippen LogP contribution >= 0.6 is 11.8 Å². The molecule has 118 valence electrons. The maximum Gasteiger partial charge on any atom is 0.234 e. The highest BCUT2D eigenvalue weighted by molar-refractivity contribution is 7.99. The number of para-hydroxylation sites is 1. The molecule has 0 aliphatic rings. The summed E-state index contributed by atoms with van der Waals surface area (Å²) in [6, 6.07) is 9.95. The summed E-state index contributed by atoms with van der Waals surface area (Å²) in [7, 11) is 0. The van der Waals surface area contributed by atoms with Gasteiger partial charge in [-0.3, -0.25) is 4.79 Å². The molecule has 0 saturated heterocycles. The number of nitrogens with zero attached hydrogens (tertiary/aromatic N) is 2. The maximum absolute atomic E-state index is 12.1. The van der Waals surface area contributed by atoms with Gasteiger partial charge in [0.25, 0.3) is 0 Å². The molecule has 1 amide bonds. The quantitative estimate of drug-likeness (QED) is 0.786. The zero-order valence-electron chi connectivity index (χ0n) is 13.4. The topological polar surface area (TPSA) is 46.9 Å². The van der Waals surface area contributed by atoms with Gasteiger partial charge < -0.3 is 5.32 Å². The van der Waals surface area contributed by atoms with Gasteiger partial charge in [0.05, 0.1) is 28.5 Å². The highest BCUT2D eigenvalue weighted by atomic mass is 32.2. The van der Waals surface area contributed by atoms with Crippen LogP contribution in [0.4, 0.5) is 5.69 Å². The fourth-order valence-corrected chi connectivity index (χ4v) is 3.13. The van der Waals surface area contributed by atoms with Gasteiger partial charge in [-0.2, -0.15) is 16.9 Å². The van der Waals surface area contributed by atoms with E-state index in [2.05, 4.69) is 17.3 Å². The second kappa shape index (κ2) is 8.03. The van der Waals surface area contributed by atoms with Gasteiger partial charge in [0, 0.05) is 0 Å². The molecule has 1 N–H and O–H groups in total. The molecule has 0 fully saturated rings. The molecule has 1 aromatic heterocycles. The molecule has 0 radical (unpaired) electrons. The van der Waals surface area contributed by atoms with E-state index < -0.39 is 0 Å². The van der Waals surface area contributed by atoms with Gasteiger partial charge in [-0.05, 0) is 38.2 Å². The van der Waals surface area contributed by atoms with Crippen LogP contribution in [0.25, 0.3) is 5.69 Å². The van der Waals surface area contributed by atoms with Gasteiger partial charge in [0.15, 0.2) is 0 Å². The molecule has 0 atom stereocenters. The van der Waals surface area contributed by atoms with E-state index in [0.717, 1.165) is 41.4 Å². The van der Waals surface area contributed by atoms with Crippen LogP contribution in [0, 0.1) is 13.8 Å². The number of aromatic nitrogens is 2. The number of benzene rings is 1. The summed E-state index contributed by atoms with van der Waals surface area (Å²) < 4.78 is 1.87. The van der Waals surface area contributed by atoms with Crippen molar-refractivity contribution in [2.24, 2.45) is 0 Å². The normalized spacial score (nSPS) is 10.7. The van der Waals surface area contributed by atoms with E-state index in [9.17, 15) is 4.79 Å². The van der Waals surface area contributed by atoms with Gasteiger partial charge in [0.2, 0.25) is 5.91 Å². The second-order valence-electron chi connectivity index (χ2n) is 5.25. The highest BCUT2D eigenvalue weighted by Crippen LogP contribution is 2.23. The fraction of sp³-hybridized carbons (Fsp3) is 0.412. The summed E-state index contributed by atoms with van der Waals surface area (Å²) in [6.45, 7) is 6.06. The summed E-state index contributed by atoms with van der Waals surface area (Å²) in [4.78, 5) is 12.1. The maximum atomic E-state index is 12.1. The Hall–Kier alpha value is -1.75. The Morgan fingerprint density at radius 1 is 1.27 bits per heavy atom. The Bertz CT molecular complexity index is 622. The van der Waals surface area contributed by atoms with E-state index in [1.807, 2.05) is 48.9 Å². The van der Waals surface area contributed by atoms with Crippen LogP contribution in [-0.2, 0) is 4.79 Å². The van der Waals surface area contributed by atoms with Crippen LogP contribution in [0.2, 0.25) is 0 Å². The molecular weight excluding hydrogens is 294 g/mol. The van der Waals surface area contributed by atoms with Crippen LogP contribution < -0.4 is 5.32 Å². The Labute approximate surface area is 136 Å². The minimum absolute atomic E-state index is 0.0416. The van der Waals surface area contributed by atoms with Gasteiger partial charge >= 0.3 is 0 Å². The second-order valence-corrected chi connectivity index (χ2v) is 6.35. The smallest absolute Gasteiger partial charge is 0.234 e. The highest BCUT2D eigenvalue weighted by Gasteiger charge is 2.14. The Morgan fingerprint density at radius 3 is 2.68 bits per heavy atom. The predicted molar refractivity (Wildman–Crippen MR) is 93.9 cm³/mol. The van der Waals surface area contributed by atoms with Crippen molar-refractivity contribution in [3.8, 4) is 5.69 Å². The van der Waals surface area contributed by atoms with E-state index in [1.165, 1.54) is 0 Å². The molecule has 0 bridgehead atoms. The number of aryl methyl sites for hydroxylation is 1. The lowest BCUT2D eigenvalue weighted by molar-refractivity contribution is -0.113. The van der Waals surface area contributed by atoms with Crippen molar-refractivity contribution in [3.63, 3.8) is 0 Å². The number of carbonyl (C=O) groups excluding carboxylic acids is 1. The van der Waals surface area contributed by atoms with E-state index in [1.54, 1.807) is 11.8 Å². The van der Waals surface area contributed by atoms with Gasteiger partial charge in [-0.25, -0.2) is 4.68 Å². The third-order valence-electron chi connectivity index (χ3n) is 3.43. The molecule has 22 heavy (non-hydrogen) atoms. The van der Waals surface area contributed by atoms with Crippen molar-refractivity contribution < 1.29 is 4.79 Å². The van der Waals surface area contributed by atoms with Crippen LogP contribution in [0.15, 0.2) is 30.3 Å². The van der Waals surface area contributed by atoms with Crippen molar-refractivity contribution in [2.45, 2.75) is 33.6 Å². The lowest BCUT2D eigenvalue weighted by Crippen LogP contribution is -2.15. The number of hydrogen-bond acceptors (Lipinski definition) is 3. The van der Waals surface area contributed by atoms with Gasteiger partial charge in [-0.1, -0.05) is 31.5 Å². The lowest BCUT2D eigenvalue weighted by Gasteiger charge is -2.07. The molecule has 2 rings (SSSR count). The first kappa shape index (κ1) is 16.6. The molecule has 4 nitrogen and oxygen atoms in total. The molecular formula is C17H23N3OS. The van der Waals surface area contributed by atoms with Crippen LogP contribution in [0.5, 0.6) is 0 Å². The molecule has 1 aromatic carbocycles. The van der Waals surface area contributed by atoms with Gasteiger partial charge in [0.1, 0.15) is 0 Å². The number of nitrogens with one attached hydrogen (secondary N) is 1. The predicted octanol–water partition coefficient (Wildman–Crippen LogP) is 3.96. The van der Waals surface area contributed by atoms with E-state index >= 15 is 0 Å². The molecule has 0 aliphatic carbocycles. The standard InChI is InChI=1S/C17H23N3OS/c1-4-5-11-22-12-16(21)18-17-13(2)19-20(14(17)3)15-9-7-6-8-10-15/h6-10H,4-5,11-12H2,1-3H3,(H,18,21). The first-order valence-electron chi connectivity index (χ1n) is 7.62. The lowest BCUT2D eigenvalue weighted by atomic mass is 10.3. The molecule has 0 saturated carbocycles. The van der Waals surface area contributed by atoms with E-state index in [4.69, 9.17) is 0 Å². The summed E-state index contributed by atoms with van der Waals surface area (Å²) in [5.41, 5.74) is 3.62. The third kappa shape index (κ3) is 4.13. The monoisotopic (exact) mass is 317 g/mol. The average molecular weight is 317 g/mol. The van der Waals surface area contributed by atoms with Crippen molar-refractivity contribution in [2.75, 3.05) is 16.8 Å². The number of anilines is 1. The summed E-state index contributed by atoms with van der Waals surface area (Å²) in [5, 5.41) is 7.54. The Morgan fingerprint density at radius 2 is 2.00 bits per heavy atom. The largest absolute Gasteiger partial charge is 0.322 e. The Kier molecular flexibility index (Phi) is 6.07. The number of rotatable bonds is 7. The molecule has 1 heterocycles. The molecule has 0 aliphatic heterocycles. The molecule has 5 heteroatoms. The van der Waals surface area contributed by atoms with Crippen molar-refractivity contribution in [1.29, 1.82) is 0 Å². The fourth-order valence-electron chi connectivity index (χ4n) is 2.23. The zero-order chi connectivity index (χ0) is 15.9. The number of thioether (sulfide) groups is 1.